The Morgan fingerprint density at radius 2 is 1.69 bits per heavy atom. The molecule has 1 aromatic heterocycles. The average molecular weight is 587 g/mol. The van der Waals surface area contributed by atoms with E-state index in [1.54, 1.807) is 66.7 Å². The first kappa shape index (κ1) is 25.1. The van der Waals surface area contributed by atoms with Crippen molar-refractivity contribution in [3.63, 3.8) is 0 Å². The number of alkyl halides is 1. The summed E-state index contributed by atoms with van der Waals surface area (Å²) in [6, 6.07) is 20.0. The molecule has 1 aliphatic rings. The van der Waals surface area contributed by atoms with E-state index < -0.39 is 20.4 Å². The molecule has 0 N–H and O–H groups in total. The number of nitrogens with zero attached hydrogens (tertiary/aromatic N) is 1. The molecular formula is C28H25BrClNO4S. The third-order valence-electron chi connectivity index (χ3n) is 6.70. The van der Waals surface area contributed by atoms with Crippen molar-refractivity contribution in [2.75, 3.05) is 4.31 Å². The number of carbonyl (C=O) groups is 1. The van der Waals surface area contributed by atoms with Gasteiger partial charge in [-0.1, -0.05) is 89.3 Å². The van der Waals surface area contributed by atoms with E-state index in [1.165, 1.54) is 4.31 Å². The molecule has 0 saturated heterocycles. The van der Waals surface area contributed by atoms with Crippen molar-refractivity contribution in [1.82, 2.24) is 0 Å². The highest BCUT2D eigenvalue weighted by Gasteiger charge is 2.57. The zero-order chi connectivity index (χ0) is 25.7. The summed E-state index contributed by atoms with van der Waals surface area (Å²) in [5.41, 5.74) is 2.33. The number of benzene rings is 3. The van der Waals surface area contributed by atoms with E-state index in [-0.39, 0.29) is 22.1 Å². The summed E-state index contributed by atoms with van der Waals surface area (Å²) < 4.78 is 35.1. The molecule has 5 rings (SSSR count). The van der Waals surface area contributed by atoms with E-state index in [2.05, 4.69) is 15.9 Å². The molecule has 0 bridgehead atoms. The van der Waals surface area contributed by atoms with Crippen LogP contribution in [0.1, 0.15) is 53.9 Å². The topological polar surface area (TPSA) is 67.6 Å². The smallest absolute Gasteiger partial charge is 0.265 e. The Balaban J connectivity index is 1.87. The van der Waals surface area contributed by atoms with Crippen LogP contribution in [0.3, 0.4) is 0 Å². The van der Waals surface area contributed by atoms with Crippen molar-refractivity contribution < 1.29 is 17.6 Å². The number of halogens is 2. The molecule has 0 aliphatic carbocycles. The number of hydrogen-bond acceptors (Lipinski definition) is 4. The molecule has 0 amide bonds. The fourth-order valence-electron chi connectivity index (χ4n) is 4.84. The van der Waals surface area contributed by atoms with Gasteiger partial charge < -0.3 is 4.42 Å². The lowest BCUT2D eigenvalue weighted by atomic mass is 9.81. The number of ketones is 1. The van der Waals surface area contributed by atoms with Gasteiger partial charge in [0.2, 0.25) is 5.78 Å². The highest BCUT2D eigenvalue weighted by Crippen LogP contribution is 2.55. The number of hydrogen-bond donors (Lipinski definition) is 0. The fraction of sp³-hybridized carbons (Fsp3) is 0.250. The van der Waals surface area contributed by atoms with Gasteiger partial charge in [0.1, 0.15) is 15.6 Å². The number of fused-ring (bicyclic) bond motifs is 3. The number of anilines is 1. The summed E-state index contributed by atoms with van der Waals surface area (Å²) in [5, 5.41) is 1.09. The zero-order valence-electron chi connectivity index (χ0n) is 19.9. The largest absolute Gasteiger partial charge is 0.451 e. The van der Waals surface area contributed by atoms with E-state index >= 15 is 0 Å². The van der Waals surface area contributed by atoms with Crippen molar-refractivity contribution in [2.45, 2.75) is 48.4 Å². The first-order chi connectivity index (χ1) is 17.2. The van der Waals surface area contributed by atoms with Crippen LogP contribution in [0.2, 0.25) is 5.02 Å². The van der Waals surface area contributed by atoms with Crippen molar-refractivity contribution >= 4 is 60.0 Å². The van der Waals surface area contributed by atoms with Crippen molar-refractivity contribution in [3.05, 3.63) is 94.7 Å². The van der Waals surface area contributed by atoms with E-state index in [0.717, 1.165) is 18.4 Å². The van der Waals surface area contributed by atoms with Crippen molar-refractivity contribution in [1.29, 1.82) is 0 Å². The molecule has 4 aromatic rings. The van der Waals surface area contributed by atoms with Gasteiger partial charge in [-0.15, -0.1) is 0 Å². The van der Waals surface area contributed by atoms with Gasteiger partial charge in [-0.25, -0.2) is 8.42 Å². The number of sulfonamides is 1. The quantitative estimate of drug-likeness (QED) is 0.216. The monoisotopic (exact) mass is 585 g/mol. The molecule has 2 atom stereocenters. The van der Waals surface area contributed by atoms with Crippen LogP contribution in [0, 0.1) is 6.92 Å². The SMILES string of the molecule is CCCC[C@@]1(Br)C(=O)c2oc3ccccc3c2N(S(=O)(=O)c2ccc(C)cc2)[C@H]1c1ccc(Cl)cc1. The predicted molar refractivity (Wildman–Crippen MR) is 147 cm³/mol. The maximum absolute atomic E-state index is 14.4. The number of Topliss-reactive ketones (excluding diaryl/α,β-unsaturated/α-hetero) is 1. The van der Waals surface area contributed by atoms with Crippen LogP contribution in [0.15, 0.2) is 82.1 Å². The number of unbranched alkanes of at least 4 members (excludes halogenated alkanes) is 1. The second kappa shape index (κ2) is 9.36. The van der Waals surface area contributed by atoms with Gasteiger partial charge >= 0.3 is 0 Å². The van der Waals surface area contributed by atoms with Gasteiger partial charge in [-0.05, 0) is 55.3 Å². The Labute approximate surface area is 224 Å². The van der Waals surface area contributed by atoms with Crippen LogP contribution in [-0.2, 0) is 10.0 Å². The van der Waals surface area contributed by atoms with Gasteiger partial charge in [-0.2, -0.15) is 0 Å². The lowest BCUT2D eigenvalue weighted by Crippen LogP contribution is -2.53. The molecule has 3 aromatic carbocycles. The van der Waals surface area contributed by atoms with Crippen molar-refractivity contribution in [3.8, 4) is 0 Å². The van der Waals surface area contributed by atoms with Crippen LogP contribution < -0.4 is 4.31 Å². The van der Waals surface area contributed by atoms with Gasteiger partial charge in [0.15, 0.2) is 5.76 Å². The number of aryl methyl sites for hydroxylation is 1. The Kier molecular flexibility index (Phi) is 6.52. The van der Waals surface area contributed by atoms with Crippen LogP contribution >= 0.6 is 27.5 Å². The van der Waals surface area contributed by atoms with E-state index in [0.29, 0.717) is 28.0 Å². The first-order valence-corrected chi connectivity index (χ1v) is 14.4. The predicted octanol–water partition coefficient (Wildman–Crippen LogP) is 7.85. The van der Waals surface area contributed by atoms with Gasteiger partial charge in [-0.3, -0.25) is 9.10 Å². The highest BCUT2D eigenvalue weighted by molar-refractivity contribution is 9.10. The molecule has 0 unspecified atom stereocenters. The summed E-state index contributed by atoms with van der Waals surface area (Å²) >= 11 is 9.97. The summed E-state index contributed by atoms with van der Waals surface area (Å²) in [6.45, 7) is 3.94. The Morgan fingerprint density at radius 3 is 2.36 bits per heavy atom. The lowest BCUT2D eigenvalue weighted by molar-refractivity contribution is 0.0890. The van der Waals surface area contributed by atoms with Crippen LogP contribution in [0.4, 0.5) is 5.69 Å². The van der Waals surface area contributed by atoms with Crippen molar-refractivity contribution in [2.24, 2.45) is 0 Å². The second-order valence-corrected chi connectivity index (χ2v) is 12.8. The Morgan fingerprint density at radius 1 is 1.03 bits per heavy atom. The minimum Gasteiger partial charge on any atom is -0.451 e. The molecular weight excluding hydrogens is 562 g/mol. The minimum absolute atomic E-state index is 0.0464. The van der Waals surface area contributed by atoms with Gasteiger partial charge in [0.05, 0.1) is 10.9 Å². The summed E-state index contributed by atoms with van der Waals surface area (Å²) in [4.78, 5) is 14.3. The summed E-state index contributed by atoms with van der Waals surface area (Å²) in [6.07, 6.45) is 1.98. The standard InChI is InChI=1S/C28H25BrClNO4S/c1-3-4-17-28(29)26(19-11-13-20(30)14-12-19)31(36(33,34)21-15-9-18(2)10-16-21)24-22-7-5-6-8-23(22)35-25(24)27(28)32/h5-16,26H,3-4,17H2,1-2H3/t26-,28-/m0/s1. The van der Waals surface area contributed by atoms with E-state index in [9.17, 15) is 13.2 Å². The molecule has 8 heteroatoms. The summed E-state index contributed by atoms with van der Waals surface area (Å²) in [7, 11) is -4.12. The lowest BCUT2D eigenvalue weighted by Gasteiger charge is -2.45. The molecule has 0 saturated carbocycles. The molecule has 0 radical (unpaired) electrons. The Hall–Kier alpha value is -2.61. The number of rotatable bonds is 6. The Bertz CT molecular complexity index is 1550. The number of carbonyl (C=O) groups excluding carboxylic acids is 1. The highest BCUT2D eigenvalue weighted by atomic mass is 79.9. The fourth-order valence-corrected chi connectivity index (χ4v) is 7.74. The number of para-hydroxylation sites is 1. The van der Waals surface area contributed by atoms with E-state index in [1.807, 2.05) is 19.9 Å². The van der Waals surface area contributed by atoms with Gasteiger partial charge in [0, 0.05) is 10.4 Å². The first-order valence-electron chi connectivity index (χ1n) is 11.8. The molecule has 36 heavy (non-hydrogen) atoms. The maximum atomic E-state index is 14.4. The molecule has 186 valence electrons. The zero-order valence-corrected chi connectivity index (χ0v) is 23.0. The maximum Gasteiger partial charge on any atom is 0.265 e. The summed E-state index contributed by atoms with van der Waals surface area (Å²) in [5.74, 6) is -0.220. The second-order valence-electron chi connectivity index (χ2n) is 9.14. The minimum atomic E-state index is -4.12. The molecule has 0 spiro atoms. The third-order valence-corrected chi connectivity index (χ3v) is 9.92. The van der Waals surface area contributed by atoms with E-state index in [4.69, 9.17) is 16.0 Å². The van der Waals surface area contributed by atoms with Crippen LogP contribution in [0.25, 0.3) is 11.0 Å². The average Bonchev–Trinajstić information content (AvgIpc) is 3.25. The molecule has 5 nitrogen and oxygen atoms in total. The van der Waals surface area contributed by atoms with Crippen LogP contribution in [0.5, 0.6) is 0 Å². The molecule has 2 heterocycles. The van der Waals surface area contributed by atoms with Gasteiger partial charge in [0.25, 0.3) is 10.0 Å². The normalized spacial score (nSPS) is 20.1. The number of furan rings is 1. The molecule has 1 aliphatic heterocycles. The van der Waals surface area contributed by atoms with Crippen LogP contribution in [-0.4, -0.2) is 18.5 Å². The third kappa shape index (κ3) is 3.98. The molecule has 0 fully saturated rings.